The van der Waals surface area contributed by atoms with E-state index >= 15 is 0 Å². The van der Waals surface area contributed by atoms with E-state index in [0.29, 0.717) is 5.57 Å². The second kappa shape index (κ2) is 6.77. The van der Waals surface area contributed by atoms with Crippen LogP contribution < -0.4 is 5.32 Å². The highest BCUT2D eigenvalue weighted by atomic mass is 16.5. The average Bonchev–Trinajstić information content (AvgIpc) is 2.39. The number of nitrogens with one attached hydrogen (secondary N) is 1. The molecule has 0 saturated heterocycles. The van der Waals surface area contributed by atoms with Gasteiger partial charge in [0.25, 0.3) is 0 Å². The fourth-order valence-electron chi connectivity index (χ4n) is 2.13. The van der Waals surface area contributed by atoms with Crippen LogP contribution >= 0.6 is 0 Å². The molecule has 1 aliphatic rings. The summed E-state index contributed by atoms with van der Waals surface area (Å²) in [5, 5.41) is 15.6. The number of rotatable bonds is 4. The summed E-state index contributed by atoms with van der Waals surface area (Å²) in [6, 6.07) is -1.26. The summed E-state index contributed by atoms with van der Waals surface area (Å²) in [6.07, 6.45) is 1.73. The van der Waals surface area contributed by atoms with E-state index < -0.39 is 24.0 Å². The van der Waals surface area contributed by atoms with Crippen LogP contribution in [-0.4, -0.2) is 42.8 Å². The first kappa shape index (κ1) is 15.0. The third-order valence-corrected chi connectivity index (χ3v) is 2.97. The fraction of sp³-hybridized carbons (Fsp3) is 0.636. The zero-order valence-corrected chi connectivity index (χ0v) is 10.7. The maximum absolute atomic E-state index is 11.5. The van der Waals surface area contributed by atoms with Crippen LogP contribution in [0.25, 0.3) is 10.4 Å². The number of carbonyl (C=O) groups excluding carboxylic acids is 2. The topological polar surface area (TPSA) is 124 Å². The van der Waals surface area contributed by atoms with Gasteiger partial charge in [-0.1, -0.05) is 11.2 Å². The van der Waals surface area contributed by atoms with Crippen molar-refractivity contribution in [3.8, 4) is 0 Å². The second-order valence-electron chi connectivity index (χ2n) is 4.25. The van der Waals surface area contributed by atoms with Crippen LogP contribution in [0, 0.1) is 5.92 Å². The van der Waals surface area contributed by atoms with E-state index in [-0.39, 0.29) is 18.9 Å². The van der Waals surface area contributed by atoms with Gasteiger partial charge in [0.15, 0.2) is 0 Å². The highest BCUT2D eigenvalue weighted by molar-refractivity contribution is 5.89. The molecule has 1 aliphatic carbocycles. The molecule has 0 aromatic rings. The maximum Gasteiger partial charge on any atom is 0.333 e. The van der Waals surface area contributed by atoms with Crippen LogP contribution in [0.1, 0.15) is 13.3 Å². The van der Waals surface area contributed by atoms with Crippen molar-refractivity contribution in [2.24, 2.45) is 11.0 Å². The molecule has 0 spiro atoms. The lowest BCUT2D eigenvalue weighted by atomic mass is 9.82. The number of aliphatic hydroxyl groups excluding tert-OH is 1. The summed E-state index contributed by atoms with van der Waals surface area (Å²) in [6.45, 7) is 1.10. The van der Waals surface area contributed by atoms with Gasteiger partial charge in [-0.3, -0.25) is 4.79 Å². The number of amides is 1. The molecule has 0 saturated carbocycles. The number of ether oxygens (including phenoxy) is 1. The van der Waals surface area contributed by atoms with Crippen LogP contribution in [0.5, 0.6) is 0 Å². The molecule has 2 N–H and O–H groups in total. The van der Waals surface area contributed by atoms with Crippen LogP contribution in [0.3, 0.4) is 0 Å². The molecular formula is C11H16N4O4. The fourth-order valence-corrected chi connectivity index (χ4v) is 2.13. The normalized spacial score (nSPS) is 25.8. The van der Waals surface area contributed by atoms with E-state index in [9.17, 15) is 14.7 Å². The molecule has 0 aliphatic heterocycles. The first-order valence-electron chi connectivity index (χ1n) is 5.74. The van der Waals surface area contributed by atoms with E-state index in [2.05, 4.69) is 20.1 Å². The van der Waals surface area contributed by atoms with Crippen molar-refractivity contribution >= 4 is 11.9 Å². The largest absolute Gasteiger partial charge is 0.466 e. The Hall–Kier alpha value is -2.05. The molecule has 8 heteroatoms. The third-order valence-electron chi connectivity index (χ3n) is 2.97. The van der Waals surface area contributed by atoms with E-state index in [1.807, 2.05) is 0 Å². The van der Waals surface area contributed by atoms with Gasteiger partial charge in [-0.15, -0.1) is 0 Å². The van der Waals surface area contributed by atoms with Crippen molar-refractivity contribution in [3.63, 3.8) is 0 Å². The van der Waals surface area contributed by atoms with Crippen molar-refractivity contribution in [3.05, 3.63) is 22.1 Å². The lowest BCUT2D eigenvalue weighted by Gasteiger charge is -2.33. The Labute approximate surface area is 110 Å². The van der Waals surface area contributed by atoms with Crippen LogP contribution in [-0.2, 0) is 14.3 Å². The standard InChI is InChI=1S/C11H16N4O4/c1-6(17)13-10-8(5-16)3-7(11(18)19-2)4-9(10)14-15-12/h4,8-10,16H,3,5H2,1-2H3,(H,13,17)/t8-,9-,10-/m0/s1. The lowest BCUT2D eigenvalue weighted by Crippen LogP contribution is -2.49. The number of aliphatic hydroxyl groups is 1. The maximum atomic E-state index is 11.5. The van der Waals surface area contributed by atoms with Gasteiger partial charge in [-0.2, -0.15) is 0 Å². The van der Waals surface area contributed by atoms with Crippen molar-refractivity contribution in [1.82, 2.24) is 5.32 Å². The Morgan fingerprint density at radius 3 is 2.84 bits per heavy atom. The molecular weight excluding hydrogens is 252 g/mol. The number of azide groups is 1. The quantitative estimate of drug-likeness (QED) is 0.329. The van der Waals surface area contributed by atoms with Gasteiger partial charge in [0.05, 0.1) is 13.2 Å². The molecule has 0 heterocycles. The van der Waals surface area contributed by atoms with Gasteiger partial charge in [-0.25, -0.2) is 4.79 Å². The molecule has 0 aromatic carbocycles. The molecule has 19 heavy (non-hydrogen) atoms. The van der Waals surface area contributed by atoms with Gasteiger partial charge in [-0.05, 0) is 12.0 Å². The molecule has 0 fully saturated rings. The second-order valence-corrected chi connectivity index (χ2v) is 4.25. The predicted octanol–water partition coefficient (Wildman–Crippen LogP) is 0.282. The van der Waals surface area contributed by atoms with Gasteiger partial charge in [0.2, 0.25) is 5.91 Å². The van der Waals surface area contributed by atoms with Crippen molar-refractivity contribution in [1.29, 1.82) is 0 Å². The molecule has 1 amide bonds. The zero-order valence-electron chi connectivity index (χ0n) is 10.7. The Morgan fingerprint density at radius 1 is 1.68 bits per heavy atom. The SMILES string of the molecule is COC(=O)C1=C[C@H](N=[N+]=[N-])[C@@H](NC(C)=O)[C@H](CO)C1. The molecule has 0 unspecified atom stereocenters. The monoisotopic (exact) mass is 268 g/mol. The van der Waals surface area contributed by atoms with Crippen molar-refractivity contribution in [2.45, 2.75) is 25.4 Å². The molecule has 8 nitrogen and oxygen atoms in total. The summed E-state index contributed by atoms with van der Waals surface area (Å²) in [5.74, 6) is -1.23. The van der Waals surface area contributed by atoms with E-state index in [4.69, 9.17) is 5.53 Å². The first-order valence-corrected chi connectivity index (χ1v) is 5.74. The minimum atomic E-state index is -0.728. The average molecular weight is 268 g/mol. The summed E-state index contributed by atoms with van der Waals surface area (Å²) in [7, 11) is 1.25. The molecule has 0 bridgehead atoms. The Morgan fingerprint density at radius 2 is 2.37 bits per heavy atom. The Bertz CT molecular complexity index is 442. The zero-order chi connectivity index (χ0) is 14.4. The Kier molecular flexibility index (Phi) is 5.35. The molecule has 104 valence electrons. The van der Waals surface area contributed by atoms with Crippen molar-refractivity contribution in [2.75, 3.05) is 13.7 Å². The van der Waals surface area contributed by atoms with E-state index in [0.717, 1.165) is 0 Å². The summed E-state index contributed by atoms with van der Waals surface area (Å²) >= 11 is 0. The smallest absolute Gasteiger partial charge is 0.333 e. The first-order chi connectivity index (χ1) is 9.03. The highest BCUT2D eigenvalue weighted by Gasteiger charge is 2.35. The van der Waals surface area contributed by atoms with Crippen LogP contribution in [0.2, 0.25) is 0 Å². The van der Waals surface area contributed by atoms with Gasteiger partial charge in [0, 0.05) is 36.0 Å². The molecule has 0 radical (unpaired) electrons. The van der Waals surface area contributed by atoms with Crippen LogP contribution in [0.4, 0.5) is 0 Å². The number of hydrogen-bond acceptors (Lipinski definition) is 5. The van der Waals surface area contributed by atoms with Crippen LogP contribution in [0.15, 0.2) is 16.8 Å². The molecule has 0 aromatic heterocycles. The lowest BCUT2D eigenvalue weighted by molar-refractivity contribution is -0.136. The summed E-state index contributed by atoms with van der Waals surface area (Å²) < 4.78 is 4.61. The van der Waals surface area contributed by atoms with Gasteiger partial charge >= 0.3 is 5.97 Å². The Balaban J connectivity index is 3.09. The molecule has 3 atom stereocenters. The number of carbonyl (C=O) groups is 2. The van der Waals surface area contributed by atoms with Gasteiger partial charge < -0.3 is 15.2 Å². The minimum absolute atomic E-state index is 0.239. The van der Waals surface area contributed by atoms with Crippen molar-refractivity contribution < 1.29 is 19.4 Å². The van der Waals surface area contributed by atoms with Gasteiger partial charge in [0.1, 0.15) is 0 Å². The summed E-state index contributed by atoms with van der Waals surface area (Å²) in [5.41, 5.74) is 8.88. The van der Waals surface area contributed by atoms with E-state index in [1.54, 1.807) is 0 Å². The molecule has 1 rings (SSSR count). The number of hydrogen-bond donors (Lipinski definition) is 2. The number of methoxy groups -OCH3 is 1. The third kappa shape index (κ3) is 3.70. The highest BCUT2D eigenvalue weighted by Crippen LogP contribution is 2.27. The number of nitrogens with zero attached hydrogens (tertiary/aromatic N) is 3. The summed E-state index contributed by atoms with van der Waals surface area (Å²) in [4.78, 5) is 25.4. The minimum Gasteiger partial charge on any atom is -0.466 e. The number of esters is 1. The van der Waals surface area contributed by atoms with E-state index in [1.165, 1.54) is 20.1 Å². The predicted molar refractivity (Wildman–Crippen MR) is 65.8 cm³/mol.